The third kappa shape index (κ3) is 2.70. The lowest BCUT2D eigenvalue weighted by molar-refractivity contribution is 0.618. The average Bonchev–Trinajstić information content (AvgIpc) is 2.87. The molecule has 0 saturated heterocycles. The first-order chi connectivity index (χ1) is 10.1. The largest absolute Gasteiger partial charge is 0.319 e. The van der Waals surface area contributed by atoms with Crippen molar-refractivity contribution in [1.29, 1.82) is 0 Å². The fourth-order valence-electron chi connectivity index (χ4n) is 2.55. The molecule has 0 N–H and O–H groups in total. The van der Waals surface area contributed by atoms with Gasteiger partial charge in [-0.2, -0.15) is 0 Å². The van der Waals surface area contributed by atoms with Crippen molar-refractivity contribution in [3.63, 3.8) is 0 Å². The maximum Gasteiger partial charge on any atom is 0.128 e. The Kier molecular flexibility index (Phi) is 4.00. The molecule has 0 bridgehead atoms. The van der Waals surface area contributed by atoms with Gasteiger partial charge in [-0.3, -0.25) is 4.98 Å². The number of pyridine rings is 1. The average molecular weight is 365 g/mol. The lowest BCUT2D eigenvalue weighted by Crippen LogP contribution is -2.11. The van der Waals surface area contributed by atoms with Crippen LogP contribution >= 0.6 is 27.5 Å². The summed E-state index contributed by atoms with van der Waals surface area (Å²) in [5, 5.41) is -0.157. The molecule has 3 nitrogen and oxygen atoms in total. The molecule has 3 aromatic rings. The zero-order valence-corrected chi connectivity index (χ0v) is 14.1. The smallest absolute Gasteiger partial charge is 0.128 e. The van der Waals surface area contributed by atoms with Crippen molar-refractivity contribution >= 4 is 38.6 Å². The van der Waals surface area contributed by atoms with Crippen molar-refractivity contribution < 1.29 is 0 Å². The van der Waals surface area contributed by atoms with Crippen LogP contribution in [0.5, 0.6) is 0 Å². The molecular formula is C16H15BrClN3. The lowest BCUT2D eigenvalue weighted by atomic mass is 10.1. The van der Waals surface area contributed by atoms with Gasteiger partial charge in [0.05, 0.1) is 23.1 Å². The van der Waals surface area contributed by atoms with Crippen LogP contribution in [-0.4, -0.2) is 14.5 Å². The lowest BCUT2D eigenvalue weighted by Gasteiger charge is -2.19. The number of alkyl halides is 1. The van der Waals surface area contributed by atoms with Crippen molar-refractivity contribution in [1.82, 2.24) is 14.5 Å². The van der Waals surface area contributed by atoms with E-state index in [1.54, 1.807) is 12.4 Å². The van der Waals surface area contributed by atoms with E-state index in [1.807, 2.05) is 13.0 Å². The van der Waals surface area contributed by atoms with Crippen molar-refractivity contribution in [2.45, 2.75) is 25.3 Å². The molecule has 0 spiro atoms. The highest BCUT2D eigenvalue weighted by Gasteiger charge is 2.20. The van der Waals surface area contributed by atoms with Gasteiger partial charge in [0.2, 0.25) is 0 Å². The van der Waals surface area contributed by atoms with Gasteiger partial charge in [-0.1, -0.05) is 28.1 Å². The molecule has 2 unspecified atom stereocenters. The molecule has 3 rings (SSSR count). The molecule has 0 radical (unpaired) electrons. The maximum atomic E-state index is 6.33. The second-order valence-corrected chi connectivity index (χ2v) is 6.62. The Labute approximate surface area is 137 Å². The number of hydrogen-bond donors (Lipinski definition) is 0. The molecule has 0 aliphatic heterocycles. The van der Waals surface area contributed by atoms with Gasteiger partial charge in [0, 0.05) is 10.7 Å². The summed E-state index contributed by atoms with van der Waals surface area (Å²) in [5.74, 6) is 0.870. The standard InChI is InChI=1S/C16H15BrClN3/c1-10(18)16-20-14-9-19-8-7-15(14)21(16)11(2)12-3-5-13(17)6-4-12/h3-11H,1-2H3. The predicted molar refractivity (Wildman–Crippen MR) is 89.8 cm³/mol. The molecule has 2 atom stereocenters. The number of aromatic nitrogens is 3. The Hall–Kier alpha value is -1.39. The monoisotopic (exact) mass is 363 g/mol. The van der Waals surface area contributed by atoms with Crippen LogP contribution in [-0.2, 0) is 0 Å². The summed E-state index contributed by atoms with van der Waals surface area (Å²) in [6, 6.07) is 10.5. The fourth-order valence-corrected chi connectivity index (χ4v) is 2.97. The first-order valence-electron chi connectivity index (χ1n) is 6.79. The van der Waals surface area contributed by atoms with Crippen LogP contribution in [0.25, 0.3) is 11.0 Å². The number of benzene rings is 1. The highest BCUT2D eigenvalue weighted by Crippen LogP contribution is 2.31. The van der Waals surface area contributed by atoms with Gasteiger partial charge >= 0.3 is 0 Å². The molecule has 1 aromatic carbocycles. The Morgan fingerprint density at radius 2 is 1.86 bits per heavy atom. The number of halogens is 2. The Morgan fingerprint density at radius 3 is 2.52 bits per heavy atom. The van der Waals surface area contributed by atoms with Crippen LogP contribution in [0.1, 0.15) is 36.7 Å². The maximum absolute atomic E-state index is 6.33. The van der Waals surface area contributed by atoms with E-state index >= 15 is 0 Å². The van der Waals surface area contributed by atoms with Crippen LogP contribution in [0.2, 0.25) is 0 Å². The van der Waals surface area contributed by atoms with Crippen molar-refractivity contribution in [3.8, 4) is 0 Å². The van der Waals surface area contributed by atoms with E-state index in [9.17, 15) is 0 Å². The van der Waals surface area contributed by atoms with Gasteiger partial charge in [0.25, 0.3) is 0 Å². The topological polar surface area (TPSA) is 30.7 Å². The summed E-state index contributed by atoms with van der Waals surface area (Å²) in [4.78, 5) is 8.78. The molecule has 2 heterocycles. The summed E-state index contributed by atoms with van der Waals surface area (Å²) < 4.78 is 3.27. The van der Waals surface area contributed by atoms with E-state index in [0.29, 0.717) is 0 Å². The minimum Gasteiger partial charge on any atom is -0.319 e. The zero-order chi connectivity index (χ0) is 15.0. The second-order valence-electron chi connectivity index (χ2n) is 5.05. The van der Waals surface area contributed by atoms with Crippen LogP contribution in [0, 0.1) is 0 Å². The molecule has 0 aliphatic rings. The normalized spacial score (nSPS) is 14.3. The van der Waals surface area contributed by atoms with Gasteiger partial charge in [0.15, 0.2) is 0 Å². The molecule has 0 aliphatic carbocycles. The van der Waals surface area contributed by atoms with Crippen LogP contribution < -0.4 is 0 Å². The molecule has 108 valence electrons. The summed E-state index contributed by atoms with van der Waals surface area (Å²) in [6.45, 7) is 4.11. The molecule has 0 fully saturated rings. The molecule has 2 aromatic heterocycles. The third-order valence-electron chi connectivity index (χ3n) is 3.61. The predicted octanol–water partition coefficient (Wildman–Crippen LogP) is 5.10. The molecule has 5 heteroatoms. The summed E-state index contributed by atoms with van der Waals surface area (Å²) in [6.07, 6.45) is 3.57. The van der Waals surface area contributed by atoms with E-state index in [4.69, 9.17) is 11.6 Å². The highest BCUT2D eigenvalue weighted by atomic mass is 79.9. The van der Waals surface area contributed by atoms with Crippen LogP contribution in [0.3, 0.4) is 0 Å². The van der Waals surface area contributed by atoms with E-state index < -0.39 is 0 Å². The number of nitrogens with zero attached hydrogens (tertiary/aromatic N) is 3. The Morgan fingerprint density at radius 1 is 1.14 bits per heavy atom. The first kappa shape index (κ1) is 14.5. The van der Waals surface area contributed by atoms with Crippen molar-refractivity contribution in [2.75, 3.05) is 0 Å². The number of hydrogen-bond acceptors (Lipinski definition) is 2. The van der Waals surface area contributed by atoms with E-state index in [1.165, 1.54) is 5.56 Å². The van der Waals surface area contributed by atoms with Gasteiger partial charge in [0.1, 0.15) is 11.3 Å². The molecule has 21 heavy (non-hydrogen) atoms. The Bertz CT molecular complexity index is 765. The number of fused-ring (bicyclic) bond motifs is 1. The van der Waals surface area contributed by atoms with Crippen LogP contribution in [0.15, 0.2) is 47.2 Å². The van der Waals surface area contributed by atoms with Crippen LogP contribution in [0.4, 0.5) is 0 Å². The van der Waals surface area contributed by atoms with Gasteiger partial charge in [-0.15, -0.1) is 11.6 Å². The van der Waals surface area contributed by atoms with E-state index in [-0.39, 0.29) is 11.4 Å². The number of imidazole rings is 1. The van der Waals surface area contributed by atoms with Crippen molar-refractivity contribution in [3.05, 3.63) is 58.6 Å². The molecule has 0 saturated carbocycles. The van der Waals surface area contributed by atoms with E-state index in [0.717, 1.165) is 21.3 Å². The minimum atomic E-state index is -0.157. The van der Waals surface area contributed by atoms with Gasteiger partial charge in [-0.05, 0) is 37.6 Å². The van der Waals surface area contributed by atoms with Gasteiger partial charge < -0.3 is 4.57 Å². The highest BCUT2D eigenvalue weighted by molar-refractivity contribution is 9.10. The molecule has 0 amide bonds. The second kappa shape index (κ2) is 5.78. The van der Waals surface area contributed by atoms with Crippen molar-refractivity contribution in [2.24, 2.45) is 0 Å². The quantitative estimate of drug-likeness (QED) is 0.605. The molecular weight excluding hydrogens is 350 g/mol. The first-order valence-corrected chi connectivity index (χ1v) is 8.02. The summed E-state index contributed by atoms with van der Waals surface area (Å²) >= 11 is 9.80. The summed E-state index contributed by atoms with van der Waals surface area (Å²) in [7, 11) is 0. The third-order valence-corrected chi connectivity index (χ3v) is 4.34. The van der Waals surface area contributed by atoms with E-state index in [2.05, 4.69) is 61.7 Å². The number of rotatable bonds is 3. The van der Waals surface area contributed by atoms with Gasteiger partial charge in [-0.25, -0.2) is 4.98 Å². The summed E-state index contributed by atoms with van der Waals surface area (Å²) in [5.41, 5.74) is 3.15. The fraction of sp³-hybridized carbons (Fsp3) is 0.250. The minimum absolute atomic E-state index is 0.154. The Balaban J connectivity index is 2.17. The zero-order valence-electron chi connectivity index (χ0n) is 11.8. The SMILES string of the molecule is CC(Cl)c1nc2cnccc2n1C(C)c1ccc(Br)cc1.